The van der Waals surface area contributed by atoms with E-state index in [2.05, 4.69) is 54.4 Å². The number of nitrogens with zero attached hydrogens (tertiary/aromatic N) is 3. The van der Waals surface area contributed by atoms with E-state index in [-0.39, 0.29) is 0 Å². The van der Waals surface area contributed by atoms with E-state index in [4.69, 9.17) is 11.8 Å². The highest BCUT2D eigenvalue weighted by molar-refractivity contribution is 7.99. The summed E-state index contributed by atoms with van der Waals surface area (Å²) in [5.74, 6) is 0. The zero-order chi connectivity index (χ0) is 14.8. The molecule has 0 heterocycles. The van der Waals surface area contributed by atoms with Crippen LogP contribution in [0.1, 0.15) is 18.9 Å². The molecule has 0 bridgehead atoms. The van der Waals surface area contributed by atoms with Crippen LogP contribution < -0.4 is 5.30 Å². The maximum Gasteiger partial charge on any atom is 0.104 e. The van der Waals surface area contributed by atoms with Gasteiger partial charge in [-0.1, -0.05) is 23.9 Å². The topological polar surface area (TPSA) is 24.7 Å². The molecule has 0 aliphatic carbocycles. The van der Waals surface area contributed by atoms with Crippen molar-refractivity contribution < 1.29 is 4.48 Å². The Labute approximate surface area is 128 Å². The number of hydrogen-bond acceptors (Lipinski definition) is 3. The van der Waals surface area contributed by atoms with Crippen LogP contribution in [0.25, 0.3) is 0 Å². The standard InChI is InChI=1S/C15H23N3PS/c1-4-16-13-17-10-5-11-18(2,3)12-14-6-8-15(19-20)9-7-14/h6-9H,4-5,10-12H2,1-3H3/q+1. The molecule has 3 nitrogen and oxygen atoms in total. The summed E-state index contributed by atoms with van der Waals surface area (Å²) < 4.78 is 0.964. The fourth-order valence-electron chi connectivity index (χ4n) is 1.98. The molecule has 0 aromatic heterocycles. The van der Waals surface area contributed by atoms with Gasteiger partial charge in [-0.2, -0.15) is 0 Å². The zero-order valence-corrected chi connectivity index (χ0v) is 14.3. The Kier molecular flexibility index (Phi) is 7.79. The summed E-state index contributed by atoms with van der Waals surface area (Å²) in [6.07, 6.45) is 1.06. The van der Waals surface area contributed by atoms with Crippen LogP contribution in [0.2, 0.25) is 0 Å². The van der Waals surface area contributed by atoms with E-state index >= 15 is 0 Å². The van der Waals surface area contributed by atoms with Gasteiger partial charge in [0.25, 0.3) is 0 Å². The van der Waals surface area contributed by atoms with Crippen molar-refractivity contribution in [1.82, 2.24) is 0 Å². The molecule has 0 radical (unpaired) electrons. The van der Waals surface area contributed by atoms with Gasteiger partial charge in [-0.3, -0.25) is 0 Å². The van der Waals surface area contributed by atoms with Gasteiger partial charge in [-0.25, -0.2) is 9.98 Å². The van der Waals surface area contributed by atoms with Crippen LogP contribution in [0, 0.1) is 0 Å². The minimum absolute atomic E-state index is 0.755. The molecule has 0 atom stereocenters. The van der Waals surface area contributed by atoms with Crippen LogP contribution >= 0.6 is 7.36 Å². The highest BCUT2D eigenvalue weighted by Crippen LogP contribution is 2.10. The smallest absolute Gasteiger partial charge is 0.104 e. The molecule has 0 aliphatic rings. The van der Waals surface area contributed by atoms with Gasteiger partial charge in [0.15, 0.2) is 0 Å². The van der Waals surface area contributed by atoms with Crippen LogP contribution in [0.15, 0.2) is 34.3 Å². The predicted molar refractivity (Wildman–Crippen MR) is 90.9 cm³/mol. The van der Waals surface area contributed by atoms with Crippen LogP contribution in [0.5, 0.6) is 0 Å². The molecule has 20 heavy (non-hydrogen) atoms. The molecular weight excluding hydrogens is 285 g/mol. The number of rotatable bonds is 8. The van der Waals surface area contributed by atoms with E-state index in [9.17, 15) is 0 Å². The predicted octanol–water partition coefficient (Wildman–Crippen LogP) is 2.88. The van der Waals surface area contributed by atoms with Crippen molar-refractivity contribution in [2.24, 2.45) is 9.98 Å². The molecule has 108 valence electrons. The third-order valence-electron chi connectivity index (χ3n) is 2.99. The Morgan fingerprint density at radius 1 is 1.20 bits per heavy atom. The van der Waals surface area contributed by atoms with Crippen molar-refractivity contribution >= 4 is 30.5 Å². The first-order valence-electron chi connectivity index (χ1n) is 6.89. The van der Waals surface area contributed by atoms with Crippen molar-refractivity contribution in [2.75, 3.05) is 33.7 Å². The first kappa shape index (κ1) is 17.1. The molecule has 0 fully saturated rings. The van der Waals surface area contributed by atoms with Crippen molar-refractivity contribution in [1.29, 1.82) is 0 Å². The first-order chi connectivity index (χ1) is 9.57. The molecule has 0 aliphatic heterocycles. The summed E-state index contributed by atoms with van der Waals surface area (Å²) in [6, 6.07) is 11.3. The summed E-state index contributed by atoms with van der Waals surface area (Å²) in [5, 5.41) is 1.19. The van der Waals surface area contributed by atoms with E-state index in [1.165, 1.54) is 10.9 Å². The maximum atomic E-state index is 5.02. The van der Waals surface area contributed by atoms with Gasteiger partial charge >= 0.3 is 0 Å². The highest BCUT2D eigenvalue weighted by Gasteiger charge is 2.15. The molecule has 5 heteroatoms. The summed E-state index contributed by atoms with van der Waals surface area (Å²) >= 11 is 5.02. The van der Waals surface area contributed by atoms with E-state index in [0.717, 1.165) is 44.4 Å². The van der Waals surface area contributed by atoms with Gasteiger partial charge < -0.3 is 4.48 Å². The largest absolute Gasteiger partial charge is 0.325 e. The molecule has 0 amide bonds. The van der Waals surface area contributed by atoms with E-state index in [0.29, 0.717) is 0 Å². The number of aliphatic imine (C=N–C) groups is 2. The normalized spacial score (nSPS) is 11.2. The first-order valence-corrected chi connectivity index (χ1v) is 8.80. The van der Waals surface area contributed by atoms with Crippen LogP contribution in [-0.4, -0.2) is 44.2 Å². The van der Waals surface area contributed by atoms with Crippen LogP contribution in [0.4, 0.5) is 0 Å². The lowest BCUT2D eigenvalue weighted by Gasteiger charge is -2.29. The van der Waals surface area contributed by atoms with E-state index < -0.39 is 0 Å². The van der Waals surface area contributed by atoms with Gasteiger partial charge in [-0.05, 0) is 19.1 Å². The molecule has 0 spiro atoms. The third kappa shape index (κ3) is 7.02. The van der Waals surface area contributed by atoms with Crippen molar-refractivity contribution in [2.45, 2.75) is 19.9 Å². The van der Waals surface area contributed by atoms with Gasteiger partial charge in [0, 0.05) is 31.2 Å². The summed E-state index contributed by atoms with van der Waals surface area (Å²) in [7, 11) is 5.42. The molecule has 1 aromatic rings. The van der Waals surface area contributed by atoms with Crippen LogP contribution in [0.3, 0.4) is 0 Å². The molecule has 0 saturated carbocycles. The quantitative estimate of drug-likeness (QED) is 0.314. The van der Waals surface area contributed by atoms with Gasteiger partial charge in [0.2, 0.25) is 0 Å². The van der Waals surface area contributed by atoms with E-state index in [1.807, 2.05) is 6.92 Å². The van der Waals surface area contributed by atoms with E-state index in [1.54, 1.807) is 0 Å². The Hall–Kier alpha value is -0.920. The fraction of sp³-hybridized carbons (Fsp3) is 0.533. The summed E-state index contributed by atoms with van der Waals surface area (Å²) in [4.78, 5) is 8.11. The Morgan fingerprint density at radius 3 is 2.50 bits per heavy atom. The molecule has 0 unspecified atom stereocenters. The second-order valence-electron chi connectivity index (χ2n) is 5.38. The van der Waals surface area contributed by atoms with Gasteiger partial charge in [0.05, 0.1) is 33.2 Å². The second kappa shape index (κ2) is 9.10. The lowest BCUT2D eigenvalue weighted by molar-refractivity contribution is -0.903. The Morgan fingerprint density at radius 2 is 1.90 bits per heavy atom. The molecule has 0 saturated heterocycles. The van der Waals surface area contributed by atoms with Crippen molar-refractivity contribution in [3.8, 4) is 0 Å². The van der Waals surface area contributed by atoms with Gasteiger partial charge in [-0.15, -0.1) is 0 Å². The zero-order valence-electron chi connectivity index (χ0n) is 12.5. The van der Waals surface area contributed by atoms with Crippen molar-refractivity contribution in [3.05, 3.63) is 29.8 Å². The lowest BCUT2D eigenvalue weighted by Crippen LogP contribution is -2.39. The minimum Gasteiger partial charge on any atom is -0.325 e. The lowest BCUT2D eigenvalue weighted by atomic mass is 10.2. The summed E-state index contributed by atoms with van der Waals surface area (Å²) in [6.45, 7) is 5.67. The molecular formula is C15H23N3PS+. The second-order valence-corrected chi connectivity index (χ2v) is 6.63. The average molecular weight is 308 g/mol. The van der Waals surface area contributed by atoms with Gasteiger partial charge in [0.1, 0.15) is 6.54 Å². The SMILES string of the molecule is CCN=C=NCCC[N+](C)(C)Cc1ccc(P=S)cc1. The maximum absolute atomic E-state index is 5.02. The van der Waals surface area contributed by atoms with Crippen LogP contribution in [-0.2, 0) is 18.4 Å². The minimum atomic E-state index is 0.755. The number of hydrogen-bond donors (Lipinski definition) is 0. The molecule has 1 aromatic carbocycles. The Bertz CT molecular complexity index is 476. The average Bonchev–Trinajstić information content (AvgIpc) is 2.43. The third-order valence-corrected chi connectivity index (χ3v) is 4.13. The Balaban J connectivity index is 2.43. The molecule has 0 N–H and O–H groups in total. The fourth-order valence-corrected chi connectivity index (χ4v) is 2.62. The number of quaternary nitrogens is 1. The summed E-state index contributed by atoms with van der Waals surface area (Å²) in [5.41, 5.74) is 1.36. The number of benzene rings is 1. The van der Waals surface area contributed by atoms with Crippen molar-refractivity contribution in [3.63, 3.8) is 0 Å². The molecule has 1 rings (SSSR count). The highest BCUT2D eigenvalue weighted by atomic mass is 32.4. The monoisotopic (exact) mass is 308 g/mol.